The topological polar surface area (TPSA) is 81.7 Å². The van der Waals surface area contributed by atoms with Crippen molar-refractivity contribution >= 4 is 17.8 Å². The third kappa shape index (κ3) is 5.25. The van der Waals surface area contributed by atoms with Crippen molar-refractivity contribution in [2.45, 2.75) is 26.3 Å². The van der Waals surface area contributed by atoms with Gasteiger partial charge >= 0.3 is 11.9 Å². The highest BCUT2D eigenvalue weighted by molar-refractivity contribution is 5.94. The smallest absolute Gasteiger partial charge is 0.338 e. The molecule has 0 fully saturated rings. The average Bonchev–Trinajstić information content (AvgIpc) is 2.51. The number of benzene rings is 1. The van der Waals surface area contributed by atoms with Crippen LogP contribution in [0.15, 0.2) is 24.3 Å². The molecule has 0 aliphatic heterocycles. The van der Waals surface area contributed by atoms with Crippen molar-refractivity contribution in [1.29, 1.82) is 0 Å². The molecule has 6 heteroatoms. The molecule has 21 heavy (non-hydrogen) atoms. The Bertz CT molecular complexity index is 509. The van der Waals surface area contributed by atoms with Gasteiger partial charge in [-0.1, -0.05) is 6.92 Å². The maximum atomic E-state index is 11.7. The van der Waals surface area contributed by atoms with Crippen LogP contribution >= 0.6 is 0 Å². The molecular weight excluding hydrogens is 274 g/mol. The van der Waals surface area contributed by atoms with Gasteiger partial charge in [0, 0.05) is 6.04 Å². The molecule has 1 N–H and O–H groups in total. The number of ether oxygens (including phenoxy) is 2. The van der Waals surface area contributed by atoms with Crippen molar-refractivity contribution in [3.05, 3.63) is 35.4 Å². The van der Waals surface area contributed by atoms with Crippen molar-refractivity contribution in [1.82, 2.24) is 5.32 Å². The standard InChI is InChI=1S/C15H19NO5/c1-4-10(2)16-13(17)9-21-15(19)12-7-5-11(6-8-12)14(18)20-3/h5-8,10H,4,9H2,1-3H3,(H,16,17)/t10-/m1/s1. The molecule has 0 heterocycles. The summed E-state index contributed by atoms with van der Waals surface area (Å²) in [4.78, 5) is 34.5. The Kier molecular flexibility index (Phi) is 6.39. The lowest BCUT2D eigenvalue weighted by atomic mass is 10.1. The summed E-state index contributed by atoms with van der Waals surface area (Å²) in [6, 6.07) is 5.85. The van der Waals surface area contributed by atoms with E-state index in [1.807, 2.05) is 13.8 Å². The van der Waals surface area contributed by atoms with Gasteiger partial charge in [0.1, 0.15) is 0 Å². The number of carbonyl (C=O) groups is 3. The van der Waals surface area contributed by atoms with Gasteiger partial charge in [-0.25, -0.2) is 9.59 Å². The Morgan fingerprint density at radius 3 is 2.10 bits per heavy atom. The van der Waals surface area contributed by atoms with Gasteiger partial charge in [0.15, 0.2) is 6.61 Å². The van der Waals surface area contributed by atoms with Crippen molar-refractivity contribution in [3.63, 3.8) is 0 Å². The van der Waals surface area contributed by atoms with E-state index in [0.717, 1.165) is 6.42 Å². The molecule has 0 bridgehead atoms. The van der Waals surface area contributed by atoms with E-state index in [-0.39, 0.29) is 24.1 Å². The van der Waals surface area contributed by atoms with E-state index < -0.39 is 11.9 Å². The van der Waals surface area contributed by atoms with Gasteiger partial charge in [0.05, 0.1) is 18.2 Å². The van der Waals surface area contributed by atoms with Gasteiger partial charge in [0.2, 0.25) is 0 Å². The molecule has 6 nitrogen and oxygen atoms in total. The zero-order valence-corrected chi connectivity index (χ0v) is 12.3. The summed E-state index contributed by atoms with van der Waals surface area (Å²) < 4.78 is 9.45. The lowest BCUT2D eigenvalue weighted by molar-refractivity contribution is -0.124. The van der Waals surface area contributed by atoms with Crippen LogP contribution in [-0.2, 0) is 14.3 Å². The zero-order valence-electron chi connectivity index (χ0n) is 12.3. The number of rotatable bonds is 6. The van der Waals surface area contributed by atoms with Gasteiger partial charge in [-0.15, -0.1) is 0 Å². The van der Waals surface area contributed by atoms with Crippen molar-refractivity contribution < 1.29 is 23.9 Å². The Balaban J connectivity index is 2.52. The number of amides is 1. The minimum Gasteiger partial charge on any atom is -0.465 e. The summed E-state index contributed by atoms with van der Waals surface area (Å²) in [5.74, 6) is -1.45. The normalized spacial score (nSPS) is 11.4. The maximum absolute atomic E-state index is 11.7. The number of hydrogen-bond donors (Lipinski definition) is 1. The Morgan fingerprint density at radius 1 is 1.10 bits per heavy atom. The van der Waals surface area contributed by atoms with Crippen LogP contribution in [0.1, 0.15) is 41.0 Å². The average molecular weight is 293 g/mol. The summed E-state index contributed by atoms with van der Waals surface area (Å²) in [5.41, 5.74) is 0.600. The molecule has 1 atom stereocenters. The first-order chi connectivity index (χ1) is 9.97. The fourth-order valence-corrected chi connectivity index (χ4v) is 1.49. The Morgan fingerprint density at radius 2 is 1.62 bits per heavy atom. The highest BCUT2D eigenvalue weighted by Gasteiger charge is 2.12. The number of carbonyl (C=O) groups excluding carboxylic acids is 3. The number of methoxy groups -OCH3 is 1. The van der Waals surface area contributed by atoms with E-state index in [0.29, 0.717) is 5.56 Å². The molecule has 0 saturated carbocycles. The molecule has 0 spiro atoms. The predicted octanol–water partition coefficient (Wildman–Crippen LogP) is 1.54. The summed E-state index contributed by atoms with van der Waals surface area (Å²) in [7, 11) is 1.28. The third-order valence-corrected chi connectivity index (χ3v) is 2.90. The molecule has 1 amide bonds. The second-order valence-electron chi connectivity index (χ2n) is 4.52. The van der Waals surface area contributed by atoms with Crippen molar-refractivity contribution in [3.8, 4) is 0 Å². The second kappa shape index (κ2) is 8.04. The third-order valence-electron chi connectivity index (χ3n) is 2.90. The van der Waals surface area contributed by atoms with E-state index in [1.54, 1.807) is 0 Å². The maximum Gasteiger partial charge on any atom is 0.338 e. The number of hydrogen-bond acceptors (Lipinski definition) is 5. The molecule has 1 aromatic carbocycles. The highest BCUT2D eigenvalue weighted by atomic mass is 16.5. The van der Waals surface area contributed by atoms with Gasteiger partial charge in [-0.2, -0.15) is 0 Å². The quantitative estimate of drug-likeness (QED) is 0.805. The van der Waals surface area contributed by atoms with Crippen LogP contribution in [0.25, 0.3) is 0 Å². The van der Waals surface area contributed by atoms with Gasteiger partial charge < -0.3 is 14.8 Å². The minimum absolute atomic E-state index is 0.0375. The zero-order chi connectivity index (χ0) is 15.8. The highest BCUT2D eigenvalue weighted by Crippen LogP contribution is 2.07. The fraction of sp³-hybridized carbons (Fsp3) is 0.400. The van der Waals surface area contributed by atoms with Gasteiger partial charge in [-0.3, -0.25) is 4.79 Å². The molecule has 0 aliphatic carbocycles. The van der Waals surface area contributed by atoms with Crippen LogP contribution in [0, 0.1) is 0 Å². The SMILES string of the molecule is CC[C@@H](C)NC(=O)COC(=O)c1ccc(C(=O)OC)cc1. The van der Waals surface area contributed by atoms with Crippen LogP contribution in [0.3, 0.4) is 0 Å². The molecule has 1 rings (SSSR count). The predicted molar refractivity (Wildman–Crippen MR) is 76.0 cm³/mol. The van der Waals surface area contributed by atoms with E-state index in [1.165, 1.54) is 31.4 Å². The number of esters is 2. The molecule has 0 radical (unpaired) electrons. The monoisotopic (exact) mass is 293 g/mol. The van der Waals surface area contributed by atoms with E-state index in [4.69, 9.17) is 4.74 Å². The van der Waals surface area contributed by atoms with Crippen LogP contribution in [0.5, 0.6) is 0 Å². The Hall–Kier alpha value is -2.37. The van der Waals surface area contributed by atoms with Crippen molar-refractivity contribution in [2.75, 3.05) is 13.7 Å². The molecular formula is C15H19NO5. The largest absolute Gasteiger partial charge is 0.465 e. The van der Waals surface area contributed by atoms with Crippen LogP contribution in [0.4, 0.5) is 0 Å². The summed E-state index contributed by atoms with van der Waals surface area (Å²) in [6.45, 7) is 3.48. The summed E-state index contributed by atoms with van der Waals surface area (Å²) >= 11 is 0. The first-order valence-electron chi connectivity index (χ1n) is 6.62. The second-order valence-corrected chi connectivity index (χ2v) is 4.52. The summed E-state index contributed by atoms with van der Waals surface area (Å²) in [6.07, 6.45) is 0.800. The van der Waals surface area contributed by atoms with Gasteiger partial charge in [0.25, 0.3) is 5.91 Å². The molecule has 0 aromatic heterocycles. The first-order valence-corrected chi connectivity index (χ1v) is 6.62. The molecule has 0 unspecified atom stereocenters. The van der Waals surface area contributed by atoms with E-state index in [9.17, 15) is 14.4 Å². The lowest BCUT2D eigenvalue weighted by Gasteiger charge is -2.11. The first kappa shape index (κ1) is 16.7. The molecule has 0 aliphatic rings. The van der Waals surface area contributed by atoms with Crippen LogP contribution in [-0.4, -0.2) is 37.6 Å². The fourth-order valence-electron chi connectivity index (χ4n) is 1.49. The minimum atomic E-state index is -0.620. The summed E-state index contributed by atoms with van der Waals surface area (Å²) in [5, 5.41) is 2.69. The van der Waals surface area contributed by atoms with Crippen molar-refractivity contribution in [2.24, 2.45) is 0 Å². The van der Waals surface area contributed by atoms with Crippen LogP contribution in [0.2, 0.25) is 0 Å². The number of nitrogens with one attached hydrogen (secondary N) is 1. The molecule has 1 aromatic rings. The van der Waals surface area contributed by atoms with Crippen LogP contribution < -0.4 is 5.32 Å². The van der Waals surface area contributed by atoms with E-state index >= 15 is 0 Å². The lowest BCUT2D eigenvalue weighted by Crippen LogP contribution is -2.35. The molecule has 0 saturated heterocycles. The van der Waals surface area contributed by atoms with Gasteiger partial charge in [-0.05, 0) is 37.6 Å². The molecule has 114 valence electrons. The Labute approximate surface area is 123 Å². The van der Waals surface area contributed by atoms with E-state index in [2.05, 4.69) is 10.1 Å².